The van der Waals surface area contributed by atoms with Gasteiger partial charge in [0, 0.05) is 0 Å². The molecule has 0 radical (unpaired) electrons. The largest absolute Gasteiger partial charge is 0.445 e. The number of cyclic esters (lactones) is 1. The molecule has 0 saturated carbocycles. The number of ether oxygens (including phenoxy) is 1. The Morgan fingerprint density at radius 2 is 1.80 bits per heavy atom. The van der Waals surface area contributed by atoms with Crippen molar-refractivity contribution in [2.24, 2.45) is 5.92 Å². The van der Waals surface area contributed by atoms with E-state index in [1.807, 2.05) is 0 Å². The molecule has 1 fully saturated rings. The van der Waals surface area contributed by atoms with Crippen molar-refractivity contribution in [3.63, 3.8) is 0 Å². The first-order chi connectivity index (χ1) is 14.2. The molecule has 0 spiro atoms. The Labute approximate surface area is 168 Å². The molecule has 0 bridgehead atoms. The summed E-state index contributed by atoms with van der Waals surface area (Å²) in [6, 6.07) is 11.4. The highest BCUT2D eigenvalue weighted by molar-refractivity contribution is 5.77. The quantitative estimate of drug-likeness (QED) is 0.714. The minimum Gasteiger partial charge on any atom is -0.445 e. The van der Waals surface area contributed by atoms with Crippen LogP contribution in [0.4, 0.5) is 22.4 Å². The summed E-state index contributed by atoms with van der Waals surface area (Å²) in [7, 11) is 0. The van der Waals surface area contributed by atoms with E-state index in [9.17, 15) is 32.3 Å². The fourth-order valence-corrected chi connectivity index (χ4v) is 3.04. The maximum absolute atomic E-state index is 13.5. The summed E-state index contributed by atoms with van der Waals surface area (Å²) in [5.41, 5.74) is 0.418. The van der Waals surface area contributed by atoms with Crippen molar-refractivity contribution in [3.05, 3.63) is 71.5 Å². The van der Waals surface area contributed by atoms with Crippen LogP contribution in [-0.2, 0) is 20.8 Å². The molecule has 30 heavy (non-hydrogen) atoms. The van der Waals surface area contributed by atoms with Crippen molar-refractivity contribution >= 4 is 12.1 Å². The third-order valence-corrected chi connectivity index (χ3v) is 4.55. The van der Waals surface area contributed by atoms with Gasteiger partial charge in [-0.15, -0.1) is 5.06 Å². The first-order valence-electron chi connectivity index (χ1n) is 8.89. The smallest absolute Gasteiger partial charge is 0.443 e. The van der Waals surface area contributed by atoms with Crippen molar-refractivity contribution in [3.8, 4) is 0 Å². The molecule has 1 aliphatic rings. The molecule has 0 unspecified atom stereocenters. The molecule has 6 nitrogen and oxygen atoms in total. The number of amides is 1. The molecule has 1 aliphatic heterocycles. The number of hydrogen-bond donors (Lipinski definition) is 1. The number of hydrogen-bond acceptors (Lipinski definition) is 5. The standard InChI is InChI=1S/C20H17F4NO5/c21-14-8-6-13(7-9-14)17(26)16(20(22,23)24)18(27)30-25-15(11-29-19(25)28)10-12-4-2-1-3-5-12/h1-9,15-17,26H,10-11H2/t15-,16+,17+/m0/s1. The minimum atomic E-state index is -5.19. The molecule has 160 valence electrons. The van der Waals surface area contributed by atoms with Crippen LogP contribution >= 0.6 is 0 Å². The number of alkyl halides is 3. The van der Waals surface area contributed by atoms with Gasteiger partial charge in [-0.25, -0.2) is 14.0 Å². The molecule has 1 heterocycles. The molecule has 0 aliphatic carbocycles. The van der Waals surface area contributed by atoms with Crippen LogP contribution in [0.3, 0.4) is 0 Å². The maximum atomic E-state index is 13.5. The number of carbonyl (C=O) groups excluding carboxylic acids is 2. The number of rotatable bonds is 6. The third kappa shape index (κ3) is 4.88. The summed E-state index contributed by atoms with van der Waals surface area (Å²) >= 11 is 0. The minimum absolute atomic E-state index is 0.178. The van der Waals surface area contributed by atoms with Gasteiger partial charge in [0.05, 0.1) is 0 Å². The first-order valence-corrected chi connectivity index (χ1v) is 8.89. The van der Waals surface area contributed by atoms with Gasteiger partial charge in [0.2, 0.25) is 0 Å². The van der Waals surface area contributed by atoms with Gasteiger partial charge in [0.15, 0.2) is 5.92 Å². The number of halogens is 4. The average Bonchev–Trinajstić information content (AvgIpc) is 3.01. The maximum Gasteiger partial charge on any atom is 0.443 e. The fraction of sp³-hybridized carbons (Fsp3) is 0.300. The van der Waals surface area contributed by atoms with Crippen molar-refractivity contribution < 1.29 is 41.8 Å². The monoisotopic (exact) mass is 427 g/mol. The SMILES string of the molecule is O=C(ON1C(=O)OC[C@@H]1Cc1ccccc1)[C@@H]([C@H](O)c1ccc(F)cc1)C(F)(F)F. The summed E-state index contributed by atoms with van der Waals surface area (Å²) in [6.45, 7) is -0.182. The Hall–Kier alpha value is -3.14. The zero-order valence-electron chi connectivity index (χ0n) is 15.4. The van der Waals surface area contributed by atoms with Crippen LogP contribution in [0.1, 0.15) is 17.2 Å². The van der Waals surface area contributed by atoms with E-state index in [-0.39, 0.29) is 18.6 Å². The second kappa shape index (κ2) is 8.70. The summed E-state index contributed by atoms with van der Waals surface area (Å²) in [4.78, 5) is 29.0. The van der Waals surface area contributed by atoms with Gasteiger partial charge in [-0.05, 0) is 29.7 Å². The number of aliphatic hydroxyl groups excluding tert-OH is 1. The van der Waals surface area contributed by atoms with Gasteiger partial charge in [-0.2, -0.15) is 13.2 Å². The summed E-state index contributed by atoms with van der Waals surface area (Å²) in [5, 5.41) is 10.6. The van der Waals surface area contributed by atoms with Crippen LogP contribution in [0.2, 0.25) is 0 Å². The molecule has 2 aromatic rings. The van der Waals surface area contributed by atoms with Crippen LogP contribution in [0.25, 0.3) is 0 Å². The van der Waals surface area contributed by atoms with E-state index < -0.39 is 42.1 Å². The molecule has 3 rings (SSSR count). The Bertz CT molecular complexity index is 888. The molecule has 3 atom stereocenters. The molecule has 1 N–H and O–H groups in total. The van der Waals surface area contributed by atoms with Gasteiger partial charge in [-0.1, -0.05) is 42.5 Å². The first kappa shape index (κ1) is 21.6. The van der Waals surface area contributed by atoms with Crippen LogP contribution in [-0.4, -0.2) is 41.1 Å². The lowest BCUT2D eigenvalue weighted by Crippen LogP contribution is -2.43. The number of nitrogens with zero attached hydrogens (tertiary/aromatic N) is 1. The zero-order valence-corrected chi connectivity index (χ0v) is 15.4. The topological polar surface area (TPSA) is 76.1 Å². The third-order valence-electron chi connectivity index (χ3n) is 4.55. The Morgan fingerprint density at radius 1 is 1.17 bits per heavy atom. The lowest BCUT2D eigenvalue weighted by Gasteiger charge is -2.27. The Balaban J connectivity index is 1.78. The molecular weight excluding hydrogens is 410 g/mol. The number of aliphatic hydroxyl groups is 1. The van der Waals surface area contributed by atoms with E-state index in [1.165, 1.54) is 0 Å². The number of carbonyl (C=O) groups is 2. The predicted molar refractivity (Wildman–Crippen MR) is 94.1 cm³/mol. The van der Waals surface area contributed by atoms with Gasteiger partial charge >= 0.3 is 18.2 Å². The highest BCUT2D eigenvalue weighted by Crippen LogP contribution is 2.37. The van der Waals surface area contributed by atoms with Gasteiger partial charge in [0.1, 0.15) is 24.6 Å². The van der Waals surface area contributed by atoms with E-state index in [0.717, 1.165) is 29.8 Å². The predicted octanol–water partition coefficient (Wildman–Crippen LogP) is 3.56. The van der Waals surface area contributed by atoms with E-state index in [0.29, 0.717) is 5.06 Å². The zero-order chi connectivity index (χ0) is 21.9. The highest BCUT2D eigenvalue weighted by Gasteiger charge is 2.53. The molecular formula is C20H17F4NO5. The molecule has 2 aromatic carbocycles. The van der Waals surface area contributed by atoms with Crippen LogP contribution in [0.5, 0.6) is 0 Å². The molecule has 1 amide bonds. The molecule has 1 saturated heterocycles. The van der Waals surface area contributed by atoms with E-state index in [4.69, 9.17) is 9.57 Å². The van der Waals surface area contributed by atoms with E-state index in [1.54, 1.807) is 30.3 Å². The van der Waals surface area contributed by atoms with Crippen molar-refractivity contribution in [1.82, 2.24) is 5.06 Å². The van der Waals surface area contributed by atoms with Gasteiger partial charge in [0.25, 0.3) is 0 Å². The number of benzene rings is 2. The van der Waals surface area contributed by atoms with Crippen LogP contribution < -0.4 is 0 Å². The van der Waals surface area contributed by atoms with Gasteiger partial charge in [-0.3, -0.25) is 0 Å². The Morgan fingerprint density at radius 3 is 2.40 bits per heavy atom. The average molecular weight is 427 g/mol. The highest BCUT2D eigenvalue weighted by atomic mass is 19.4. The van der Waals surface area contributed by atoms with E-state index >= 15 is 0 Å². The lowest BCUT2D eigenvalue weighted by atomic mass is 9.95. The number of hydroxylamine groups is 2. The molecule has 0 aromatic heterocycles. The van der Waals surface area contributed by atoms with Crippen molar-refractivity contribution in [2.75, 3.05) is 6.61 Å². The summed E-state index contributed by atoms with van der Waals surface area (Å²) in [5.74, 6) is -5.59. The molecule has 10 heteroatoms. The normalized spacial score (nSPS) is 18.6. The van der Waals surface area contributed by atoms with E-state index in [2.05, 4.69) is 0 Å². The Kier molecular flexibility index (Phi) is 6.25. The van der Waals surface area contributed by atoms with Crippen LogP contribution in [0, 0.1) is 11.7 Å². The fourth-order valence-electron chi connectivity index (χ4n) is 3.04. The van der Waals surface area contributed by atoms with Crippen LogP contribution in [0.15, 0.2) is 54.6 Å². The second-order valence-corrected chi connectivity index (χ2v) is 6.67. The van der Waals surface area contributed by atoms with Gasteiger partial charge < -0.3 is 14.7 Å². The van der Waals surface area contributed by atoms with Crippen molar-refractivity contribution in [2.45, 2.75) is 24.7 Å². The lowest BCUT2D eigenvalue weighted by molar-refractivity contribution is -0.235. The second-order valence-electron chi connectivity index (χ2n) is 6.67. The summed E-state index contributed by atoms with van der Waals surface area (Å²) < 4.78 is 58.4. The van der Waals surface area contributed by atoms with Crippen molar-refractivity contribution in [1.29, 1.82) is 0 Å². The summed E-state index contributed by atoms with van der Waals surface area (Å²) in [6.07, 6.45) is -8.48.